The number of amides is 2. The van der Waals surface area contributed by atoms with E-state index in [0.29, 0.717) is 36.4 Å². The minimum absolute atomic E-state index is 0.0163. The molecule has 180 valence electrons. The second kappa shape index (κ2) is 9.61. The van der Waals surface area contributed by atoms with Crippen molar-refractivity contribution in [1.29, 1.82) is 0 Å². The smallest absolute Gasteiger partial charge is 0.255 e. The van der Waals surface area contributed by atoms with Crippen molar-refractivity contribution in [2.45, 2.75) is 104 Å². The van der Waals surface area contributed by atoms with Gasteiger partial charge in [0.1, 0.15) is 6.04 Å². The third kappa shape index (κ3) is 5.68. The van der Waals surface area contributed by atoms with E-state index >= 15 is 0 Å². The molecule has 4 rings (SSSR count). The summed E-state index contributed by atoms with van der Waals surface area (Å²) >= 11 is 0. The van der Waals surface area contributed by atoms with Gasteiger partial charge in [-0.1, -0.05) is 52.3 Å². The monoisotopic (exact) mass is 451 g/mol. The van der Waals surface area contributed by atoms with E-state index in [1.165, 1.54) is 37.7 Å². The molecule has 5 heteroatoms. The highest BCUT2D eigenvalue weighted by Gasteiger charge is 2.38. The first kappa shape index (κ1) is 24.0. The lowest BCUT2D eigenvalue weighted by Crippen LogP contribution is -2.49. The number of hydrogen-bond acceptors (Lipinski definition) is 3. The molecule has 5 nitrogen and oxygen atoms in total. The Bertz CT molecular complexity index is 916. The van der Waals surface area contributed by atoms with Crippen molar-refractivity contribution in [3.63, 3.8) is 0 Å². The second-order valence-corrected chi connectivity index (χ2v) is 11.8. The molecule has 2 heterocycles. The van der Waals surface area contributed by atoms with Gasteiger partial charge in [0.2, 0.25) is 5.91 Å². The van der Waals surface area contributed by atoms with Gasteiger partial charge in [-0.05, 0) is 74.0 Å². The standard InChI is InChI=1S/C28H41N3O2/c1-18-10-13-25(26(32)30-18)31-17-22-15-20(11-12-23(22)27(31)33)14-21-8-6-7-9-24(21)29-19(2)16-28(3,4)5/h11-12,15,19,21,24-25,29H,1,6-10,13-14,16-17H2,2-5H3,(H,30,32)/t19?,21-,24+,25?/m1/s1. The van der Waals surface area contributed by atoms with Crippen molar-refractivity contribution in [2.75, 3.05) is 0 Å². The maximum Gasteiger partial charge on any atom is 0.255 e. The Balaban J connectivity index is 1.42. The van der Waals surface area contributed by atoms with Gasteiger partial charge in [-0.25, -0.2) is 0 Å². The Morgan fingerprint density at radius 1 is 1.18 bits per heavy atom. The number of rotatable bonds is 6. The van der Waals surface area contributed by atoms with E-state index in [2.05, 4.69) is 57.0 Å². The second-order valence-electron chi connectivity index (χ2n) is 11.8. The van der Waals surface area contributed by atoms with Crippen LogP contribution in [-0.2, 0) is 17.8 Å². The summed E-state index contributed by atoms with van der Waals surface area (Å²) in [5.74, 6) is 0.508. The molecule has 1 saturated heterocycles. The summed E-state index contributed by atoms with van der Waals surface area (Å²) in [6, 6.07) is 7.01. The molecule has 2 fully saturated rings. The predicted octanol–water partition coefficient (Wildman–Crippen LogP) is 4.95. The normalized spacial score (nSPS) is 26.8. The molecule has 4 atom stereocenters. The maximum atomic E-state index is 13.0. The highest BCUT2D eigenvalue weighted by Crippen LogP contribution is 2.32. The fourth-order valence-corrected chi connectivity index (χ4v) is 6.15. The minimum Gasteiger partial charge on any atom is -0.329 e. The van der Waals surface area contributed by atoms with Gasteiger partial charge in [-0.2, -0.15) is 0 Å². The van der Waals surface area contributed by atoms with Crippen molar-refractivity contribution >= 4 is 11.8 Å². The number of fused-ring (bicyclic) bond motifs is 1. The Morgan fingerprint density at radius 2 is 1.94 bits per heavy atom. The molecule has 0 aromatic heterocycles. The number of nitrogens with one attached hydrogen (secondary N) is 2. The summed E-state index contributed by atoms with van der Waals surface area (Å²) in [6.45, 7) is 13.6. The molecular formula is C28H41N3O2. The van der Waals surface area contributed by atoms with E-state index in [0.717, 1.165) is 29.7 Å². The Kier molecular flexibility index (Phi) is 6.99. The number of carbonyl (C=O) groups is 2. The van der Waals surface area contributed by atoms with Crippen molar-refractivity contribution in [2.24, 2.45) is 11.3 Å². The van der Waals surface area contributed by atoms with E-state index in [1.807, 2.05) is 6.07 Å². The summed E-state index contributed by atoms with van der Waals surface area (Å²) < 4.78 is 0. The van der Waals surface area contributed by atoms with E-state index in [4.69, 9.17) is 0 Å². The highest BCUT2D eigenvalue weighted by atomic mass is 16.2. The van der Waals surface area contributed by atoms with Crippen molar-refractivity contribution in [3.05, 3.63) is 47.2 Å². The zero-order chi connectivity index (χ0) is 23.8. The molecule has 2 aliphatic heterocycles. The highest BCUT2D eigenvalue weighted by molar-refractivity contribution is 6.01. The topological polar surface area (TPSA) is 61.4 Å². The third-order valence-electron chi connectivity index (χ3n) is 7.52. The molecule has 0 radical (unpaired) electrons. The summed E-state index contributed by atoms with van der Waals surface area (Å²) in [5, 5.41) is 6.77. The number of hydrogen-bond donors (Lipinski definition) is 2. The van der Waals surface area contributed by atoms with Crippen molar-refractivity contribution in [3.8, 4) is 0 Å². The maximum absolute atomic E-state index is 13.0. The first-order valence-corrected chi connectivity index (χ1v) is 12.8. The summed E-state index contributed by atoms with van der Waals surface area (Å²) in [5.41, 5.74) is 4.21. The van der Waals surface area contributed by atoms with Crippen LogP contribution in [0.5, 0.6) is 0 Å². The molecule has 1 aliphatic carbocycles. The van der Waals surface area contributed by atoms with Gasteiger partial charge in [0.15, 0.2) is 0 Å². The summed E-state index contributed by atoms with van der Waals surface area (Å²) in [7, 11) is 0. The van der Waals surface area contributed by atoms with Crippen LogP contribution >= 0.6 is 0 Å². The Labute approximate surface area is 199 Å². The molecule has 0 bridgehead atoms. The fourth-order valence-electron chi connectivity index (χ4n) is 6.15. The lowest BCUT2D eigenvalue weighted by Gasteiger charge is -2.36. The van der Waals surface area contributed by atoms with Gasteiger partial charge >= 0.3 is 0 Å². The zero-order valence-corrected chi connectivity index (χ0v) is 20.9. The molecule has 2 amide bonds. The Hall–Kier alpha value is -2.14. The van der Waals surface area contributed by atoms with Crippen LogP contribution in [0, 0.1) is 11.3 Å². The van der Waals surface area contributed by atoms with Crippen LogP contribution in [0.25, 0.3) is 0 Å². The lowest BCUT2D eigenvalue weighted by molar-refractivity contribution is -0.126. The van der Waals surface area contributed by atoms with Crippen LogP contribution in [0.2, 0.25) is 0 Å². The third-order valence-corrected chi connectivity index (χ3v) is 7.52. The van der Waals surface area contributed by atoms with Gasteiger partial charge in [0.05, 0.1) is 0 Å². The van der Waals surface area contributed by atoms with Gasteiger partial charge < -0.3 is 15.5 Å². The zero-order valence-electron chi connectivity index (χ0n) is 20.9. The molecular weight excluding hydrogens is 410 g/mol. The molecule has 33 heavy (non-hydrogen) atoms. The van der Waals surface area contributed by atoms with Crippen molar-refractivity contribution in [1.82, 2.24) is 15.5 Å². The molecule has 1 saturated carbocycles. The Morgan fingerprint density at radius 3 is 2.67 bits per heavy atom. The first-order chi connectivity index (χ1) is 15.6. The fraction of sp³-hybridized carbons (Fsp3) is 0.643. The van der Waals surface area contributed by atoms with Gasteiger partial charge in [-0.15, -0.1) is 0 Å². The average Bonchev–Trinajstić information content (AvgIpc) is 3.04. The number of benzene rings is 1. The molecule has 1 aromatic carbocycles. The SMILES string of the molecule is C=C1CCC(N2Cc3cc(C[C@H]4CCCC[C@@H]4NC(C)CC(C)(C)C)ccc3C2=O)C(=O)N1. The van der Waals surface area contributed by atoms with E-state index in [1.54, 1.807) is 4.90 Å². The first-order valence-electron chi connectivity index (χ1n) is 12.8. The van der Waals surface area contributed by atoms with Crippen LogP contribution in [-0.4, -0.2) is 34.8 Å². The van der Waals surface area contributed by atoms with Crippen LogP contribution in [0.1, 0.15) is 94.1 Å². The van der Waals surface area contributed by atoms with Crippen molar-refractivity contribution < 1.29 is 9.59 Å². The van der Waals surface area contributed by atoms with Crippen LogP contribution in [0.4, 0.5) is 0 Å². The van der Waals surface area contributed by atoms with Gasteiger partial charge in [-0.3, -0.25) is 9.59 Å². The molecule has 2 unspecified atom stereocenters. The van der Waals surface area contributed by atoms with E-state index in [9.17, 15) is 9.59 Å². The molecule has 1 aromatic rings. The minimum atomic E-state index is -0.393. The number of piperidine rings is 1. The summed E-state index contributed by atoms with van der Waals surface area (Å²) in [6.07, 6.45) is 8.72. The number of nitrogens with zero attached hydrogens (tertiary/aromatic N) is 1. The van der Waals surface area contributed by atoms with E-state index < -0.39 is 6.04 Å². The number of carbonyl (C=O) groups excluding carboxylic acids is 2. The predicted molar refractivity (Wildman–Crippen MR) is 133 cm³/mol. The molecule has 2 N–H and O–H groups in total. The van der Waals surface area contributed by atoms with Crippen LogP contribution in [0.3, 0.4) is 0 Å². The molecule has 0 spiro atoms. The number of allylic oxidation sites excluding steroid dienone is 1. The summed E-state index contributed by atoms with van der Waals surface area (Å²) in [4.78, 5) is 27.2. The quantitative estimate of drug-likeness (QED) is 0.643. The average molecular weight is 452 g/mol. The van der Waals surface area contributed by atoms with Crippen LogP contribution in [0.15, 0.2) is 30.5 Å². The van der Waals surface area contributed by atoms with Crippen LogP contribution < -0.4 is 10.6 Å². The van der Waals surface area contributed by atoms with E-state index in [-0.39, 0.29) is 11.8 Å². The van der Waals surface area contributed by atoms with Gasteiger partial charge in [0, 0.05) is 29.9 Å². The lowest BCUT2D eigenvalue weighted by atomic mass is 9.79. The van der Waals surface area contributed by atoms with Gasteiger partial charge in [0.25, 0.3) is 5.91 Å². The molecule has 3 aliphatic rings. The largest absolute Gasteiger partial charge is 0.329 e.